The molecule has 2 aromatic carbocycles. The molecule has 9 heteroatoms. The van der Waals surface area contributed by atoms with Crippen LogP contribution in [0.1, 0.15) is 11.1 Å². The largest absolute Gasteiger partial charge is 0.454 e. The standard InChI is InChI=1S/C18H22N4O4S/c1-20-18(22-11-14-3-2-4-15(9-14)27(19,23)24)21-8-7-13-5-6-16-17(10-13)26-12-25-16/h2-6,9-10H,7-8,11-12H2,1H3,(H2,19,23,24)(H2,20,21,22). The Hall–Kier alpha value is -2.78. The molecule has 4 N–H and O–H groups in total. The lowest BCUT2D eigenvalue weighted by atomic mass is 10.1. The van der Waals surface area contributed by atoms with Gasteiger partial charge in [-0.3, -0.25) is 4.99 Å². The van der Waals surface area contributed by atoms with Crippen molar-refractivity contribution in [1.82, 2.24) is 10.6 Å². The molecule has 1 aliphatic rings. The number of sulfonamides is 1. The lowest BCUT2D eigenvalue weighted by Crippen LogP contribution is -2.37. The zero-order valence-corrected chi connectivity index (χ0v) is 15.8. The molecule has 0 spiro atoms. The van der Waals surface area contributed by atoms with E-state index in [0.717, 1.165) is 29.0 Å². The van der Waals surface area contributed by atoms with Crippen molar-refractivity contribution in [2.45, 2.75) is 17.9 Å². The highest BCUT2D eigenvalue weighted by molar-refractivity contribution is 7.89. The summed E-state index contributed by atoms with van der Waals surface area (Å²) in [5, 5.41) is 11.5. The summed E-state index contributed by atoms with van der Waals surface area (Å²) in [6, 6.07) is 12.4. The highest BCUT2D eigenvalue weighted by atomic mass is 32.2. The van der Waals surface area contributed by atoms with E-state index in [-0.39, 0.29) is 11.7 Å². The van der Waals surface area contributed by atoms with Crippen LogP contribution < -0.4 is 25.2 Å². The number of fused-ring (bicyclic) bond motifs is 1. The zero-order valence-electron chi connectivity index (χ0n) is 14.9. The number of nitrogens with zero attached hydrogens (tertiary/aromatic N) is 1. The molecular weight excluding hydrogens is 368 g/mol. The quantitative estimate of drug-likeness (QED) is 0.500. The van der Waals surface area contributed by atoms with Crippen LogP contribution >= 0.6 is 0 Å². The first-order valence-corrected chi connectivity index (χ1v) is 9.95. The van der Waals surface area contributed by atoms with Crippen molar-refractivity contribution in [3.8, 4) is 11.5 Å². The van der Waals surface area contributed by atoms with Crippen LogP contribution in [0.2, 0.25) is 0 Å². The number of ether oxygens (including phenoxy) is 2. The van der Waals surface area contributed by atoms with Gasteiger partial charge in [0.25, 0.3) is 0 Å². The highest BCUT2D eigenvalue weighted by Crippen LogP contribution is 2.32. The first-order chi connectivity index (χ1) is 13.0. The average Bonchev–Trinajstić information content (AvgIpc) is 3.12. The summed E-state index contributed by atoms with van der Waals surface area (Å²) in [6.45, 7) is 1.36. The topological polar surface area (TPSA) is 115 Å². The van der Waals surface area contributed by atoms with E-state index in [1.807, 2.05) is 24.3 Å². The molecule has 0 amide bonds. The average molecular weight is 390 g/mol. The van der Waals surface area contributed by atoms with Crippen LogP contribution in [0.5, 0.6) is 11.5 Å². The van der Waals surface area contributed by atoms with E-state index in [1.54, 1.807) is 19.2 Å². The molecule has 0 saturated heterocycles. The zero-order chi connectivity index (χ0) is 19.3. The number of hydrogen-bond acceptors (Lipinski definition) is 5. The van der Waals surface area contributed by atoms with Crippen LogP contribution in [0.4, 0.5) is 0 Å². The molecule has 0 atom stereocenters. The number of primary sulfonamides is 1. The Morgan fingerprint density at radius 3 is 2.70 bits per heavy atom. The van der Waals surface area contributed by atoms with Crippen molar-refractivity contribution >= 4 is 16.0 Å². The van der Waals surface area contributed by atoms with E-state index in [1.165, 1.54) is 6.07 Å². The molecule has 1 heterocycles. The van der Waals surface area contributed by atoms with Gasteiger partial charge in [-0.25, -0.2) is 13.6 Å². The maximum absolute atomic E-state index is 11.4. The van der Waals surface area contributed by atoms with Crippen LogP contribution in [0.15, 0.2) is 52.4 Å². The van der Waals surface area contributed by atoms with E-state index in [9.17, 15) is 8.42 Å². The number of nitrogens with two attached hydrogens (primary N) is 1. The smallest absolute Gasteiger partial charge is 0.238 e. The Kier molecular flexibility index (Phi) is 5.82. The van der Waals surface area contributed by atoms with Gasteiger partial charge in [0.15, 0.2) is 17.5 Å². The van der Waals surface area contributed by atoms with Crippen LogP contribution in [-0.4, -0.2) is 34.8 Å². The fourth-order valence-electron chi connectivity index (χ4n) is 2.66. The fourth-order valence-corrected chi connectivity index (χ4v) is 3.24. The monoisotopic (exact) mass is 390 g/mol. The number of benzene rings is 2. The molecule has 0 unspecified atom stereocenters. The van der Waals surface area contributed by atoms with E-state index in [2.05, 4.69) is 15.6 Å². The van der Waals surface area contributed by atoms with Gasteiger partial charge < -0.3 is 20.1 Å². The van der Waals surface area contributed by atoms with E-state index < -0.39 is 10.0 Å². The number of nitrogens with one attached hydrogen (secondary N) is 2. The highest BCUT2D eigenvalue weighted by Gasteiger charge is 2.13. The van der Waals surface area contributed by atoms with Crippen molar-refractivity contribution in [1.29, 1.82) is 0 Å². The van der Waals surface area contributed by atoms with Crippen LogP contribution in [0, 0.1) is 0 Å². The van der Waals surface area contributed by atoms with Gasteiger partial charge in [0.2, 0.25) is 16.8 Å². The Morgan fingerprint density at radius 1 is 1.11 bits per heavy atom. The van der Waals surface area contributed by atoms with Crippen LogP contribution in [0.3, 0.4) is 0 Å². The molecule has 0 aromatic heterocycles. The van der Waals surface area contributed by atoms with E-state index >= 15 is 0 Å². The van der Waals surface area contributed by atoms with Crippen LogP contribution in [0.25, 0.3) is 0 Å². The molecule has 0 bridgehead atoms. The van der Waals surface area contributed by atoms with Crippen molar-refractivity contribution < 1.29 is 17.9 Å². The molecule has 0 fully saturated rings. The van der Waals surface area contributed by atoms with E-state index in [4.69, 9.17) is 14.6 Å². The Morgan fingerprint density at radius 2 is 1.93 bits per heavy atom. The Balaban J connectivity index is 1.50. The first kappa shape index (κ1) is 19.0. The molecule has 0 saturated carbocycles. The summed E-state index contributed by atoms with van der Waals surface area (Å²) < 4.78 is 33.5. The molecule has 0 aliphatic carbocycles. The number of guanidine groups is 1. The third-order valence-electron chi connectivity index (χ3n) is 4.05. The molecular formula is C18H22N4O4S. The van der Waals surface area contributed by atoms with Gasteiger partial charge in [-0.2, -0.15) is 0 Å². The van der Waals surface area contributed by atoms with Gasteiger partial charge in [0.05, 0.1) is 4.90 Å². The van der Waals surface area contributed by atoms with E-state index in [0.29, 0.717) is 19.0 Å². The minimum absolute atomic E-state index is 0.0903. The predicted octanol–water partition coefficient (Wildman–Crippen LogP) is 0.970. The third kappa shape index (κ3) is 5.11. The molecule has 3 rings (SSSR count). The second kappa shape index (κ2) is 8.28. The Bertz CT molecular complexity index is 944. The first-order valence-electron chi connectivity index (χ1n) is 8.40. The van der Waals surface area contributed by atoms with Gasteiger partial charge in [-0.05, 0) is 41.8 Å². The summed E-state index contributed by atoms with van der Waals surface area (Å²) in [6.07, 6.45) is 0.790. The van der Waals surface area contributed by atoms with Gasteiger partial charge >= 0.3 is 0 Å². The normalized spacial score (nSPS) is 13.5. The lowest BCUT2D eigenvalue weighted by Gasteiger charge is -2.12. The summed E-state index contributed by atoms with van der Waals surface area (Å²) in [5.74, 6) is 2.16. The molecule has 27 heavy (non-hydrogen) atoms. The second-order valence-corrected chi connectivity index (χ2v) is 7.54. The Labute approximate surface area is 158 Å². The molecule has 2 aromatic rings. The van der Waals surface area contributed by atoms with Crippen molar-refractivity contribution in [3.63, 3.8) is 0 Å². The summed E-state index contributed by atoms with van der Waals surface area (Å²) in [7, 11) is -2.03. The van der Waals surface area contributed by atoms with Crippen molar-refractivity contribution in [2.24, 2.45) is 10.1 Å². The lowest BCUT2D eigenvalue weighted by molar-refractivity contribution is 0.174. The number of aliphatic imine (C=N–C) groups is 1. The second-order valence-electron chi connectivity index (χ2n) is 5.98. The molecule has 144 valence electrons. The minimum Gasteiger partial charge on any atom is -0.454 e. The SMILES string of the molecule is CN=C(NCCc1ccc2c(c1)OCO2)NCc1cccc(S(N)(=O)=O)c1. The van der Waals surface area contributed by atoms with Crippen LogP contribution in [-0.2, 0) is 23.0 Å². The summed E-state index contributed by atoms with van der Waals surface area (Å²) >= 11 is 0. The maximum Gasteiger partial charge on any atom is 0.238 e. The van der Waals surface area contributed by atoms with Crippen molar-refractivity contribution in [3.05, 3.63) is 53.6 Å². The minimum atomic E-state index is -3.71. The molecule has 1 aliphatic heterocycles. The fraction of sp³-hybridized carbons (Fsp3) is 0.278. The summed E-state index contributed by atoms with van der Waals surface area (Å²) in [5.41, 5.74) is 1.92. The predicted molar refractivity (Wildman–Crippen MR) is 102 cm³/mol. The number of hydrogen-bond donors (Lipinski definition) is 3. The number of rotatable bonds is 6. The van der Waals surface area contributed by atoms with Gasteiger partial charge in [0, 0.05) is 20.1 Å². The van der Waals surface area contributed by atoms with Crippen molar-refractivity contribution in [2.75, 3.05) is 20.4 Å². The van der Waals surface area contributed by atoms with Gasteiger partial charge in [0.1, 0.15) is 0 Å². The maximum atomic E-state index is 11.4. The van der Waals surface area contributed by atoms with Gasteiger partial charge in [-0.15, -0.1) is 0 Å². The molecule has 0 radical (unpaired) electrons. The molecule has 8 nitrogen and oxygen atoms in total. The van der Waals surface area contributed by atoms with Gasteiger partial charge in [-0.1, -0.05) is 18.2 Å². The summed E-state index contributed by atoms with van der Waals surface area (Å²) in [4.78, 5) is 4.26. The third-order valence-corrected chi connectivity index (χ3v) is 4.96.